The first-order valence-corrected chi connectivity index (χ1v) is 7.95. The molecule has 2 aromatic carbocycles. The van der Waals surface area contributed by atoms with Gasteiger partial charge in [-0.3, -0.25) is 0 Å². The van der Waals surface area contributed by atoms with Crippen LogP contribution in [-0.2, 0) is 21.3 Å². The first-order valence-electron chi connectivity index (χ1n) is 6.13. The van der Waals surface area contributed by atoms with Gasteiger partial charge in [-0.2, -0.15) is 0 Å². The standard InChI is InChI=1S/C15H13FO4S/c16-14-6-2-4-12(8-14)10-21(19,20)9-11-3-1-5-13(7-11)15(17)18/h1-8H,9-10H2,(H,17,18). The van der Waals surface area contributed by atoms with E-state index in [1.165, 1.54) is 42.5 Å². The largest absolute Gasteiger partial charge is 0.478 e. The highest BCUT2D eigenvalue weighted by molar-refractivity contribution is 7.89. The van der Waals surface area contributed by atoms with E-state index in [0.29, 0.717) is 11.1 Å². The number of rotatable bonds is 5. The highest BCUT2D eigenvalue weighted by Gasteiger charge is 2.14. The molecule has 0 aliphatic heterocycles. The number of carbonyl (C=O) groups is 1. The fraction of sp³-hybridized carbons (Fsp3) is 0.133. The van der Waals surface area contributed by atoms with Gasteiger partial charge in [0.05, 0.1) is 17.1 Å². The van der Waals surface area contributed by atoms with Gasteiger partial charge in [-0.05, 0) is 35.4 Å². The molecule has 4 nitrogen and oxygen atoms in total. The van der Waals surface area contributed by atoms with Gasteiger partial charge in [0.1, 0.15) is 5.82 Å². The van der Waals surface area contributed by atoms with E-state index in [4.69, 9.17) is 5.11 Å². The van der Waals surface area contributed by atoms with Gasteiger partial charge in [-0.1, -0.05) is 24.3 Å². The summed E-state index contributed by atoms with van der Waals surface area (Å²) in [6.07, 6.45) is 0. The Morgan fingerprint density at radius 2 is 1.57 bits per heavy atom. The van der Waals surface area contributed by atoms with Crippen LogP contribution in [0, 0.1) is 5.82 Å². The average Bonchev–Trinajstić information content (AvgIpc) is 2.37. The van der Waals surface area contributed by atoms with Crippen LogP contribution in [0.15, 0.2) is 48.5 Å². The molecule has 6 heteroatoms. The van der Waals surface area contributed by atoms with Crippen molar-refractivity contribution in [3.05, 3.63) is 71.0 Å². The Kier molecular flexibility index (Phi) is 4.37. The van der Waals surface area contributed by atoms with Gasteiger partial charge in [-0.25, -0.2) is 17.6 Å². The van der Waals surface area contributed by atoms with Crippen LogP contribution < -0.4 is 0 Å². The lowest BCUT2D eigenvalue weighted by atomic mass is 10.1. The molecular formula is C15H13FO4S. The van der Waals surface area contributed by atoms with Crippen molar-refractivity contribution in [1.82, 2.24) is 0 Å². The summed E-state index contributed by atoms with van der Waals surface area (Å²) >= 11 is 0. The van der Waals surface area contributed by atoms with Gasteiger partial charge in [0.25, 0.3) is 0 Å². The molecule has 0 aliphatic rings. The summed E-state index contributed by atoms with van der Waals surface area (Å²) in [6.45, 7) is 0. The number of halogens is 1. The second kappa shape index (κ2) is 6.05. The molecule has 2 rings (SSSR count). The Morgan fingerprint density at radius 1 is 1.00 bits per heavy atom. The van der Waals surface area contributed by atoms with Crippen LogP contribution in [0.4, 0.5) is 4.39 Å². The number of carboxylic acid groups (broad SMARTS) is 1. The van der Waals surface area contributed by atoms with E-state index < -0.39 is 21.6 Å². The topological polar surface area (TPSA) is 71.4 Å². The van der Waals surface area contributed by atoms with E-state index >= 15 is 0 Å². The molecule has 0 heterocycles. The van der Waals surface area contributed by atoms with E-state index in [1.807, 2.05) is 0 Å². The first kappa shape index (κ1) is 15.2. The zero-order chi connectivity index (χ0) is 15.5. The molecule has 0 bridgehead atoms. The van der Waals surface area contributed by atoms with E-state index in [2.05, 4.69) is 0 Å². The Balaban J connectivity index is 2.18. The molecule has 0 amide bonds. The Morgan fingerprint density at radius 3 is 2.14 bits per heavy atom. The van der Waals surface area contributed by atoms with Gasteiger partial charge in [0.2, 0.25) is 0 Å². The van der Waals surface area contributed by atoms with Crippen LogP contribution in [0.1, 0.15) is 21.5 Å². The van der Waals surface area contributed by atoms with Gasteiger partial charge in [-0.15, -0.1) is 0 Å². The minimum absolute atomic E-state index is 0.0356. The highest BCUT2D eigenvalue weighted by Crippen LogP contribution is 2.14. The molecular weight excluding hydrogens is 295 g/mol. The predicted octanol–water partition coefficient (Wildman–Crippen LogP) is 2.64. The summed E-state index contributed by atoms with van der Waals surface area (Å²) in [5, 5.41) is 8.88. The van der Waals surface area contributed by atoms with Crippen molar-refractivity contribution in [2.75, 3.05) is 0 Å². The van der Waals surface area contributed by atoms with Gasteiger partial charge in [0.15, 0.2) is 9.84 Å². The second-order valence-electron chi connectivity index (χ2n) is 4.67. The third kappa shape index (κ3) is 4.39. The number of hydrogen-bond donors (Lipinski definition) is 1. The minimum Gasteiger partial charge on any atom is -0.478 e. The molecule has 0 atom stereocenters. The SMILES string of the molecule is O=C(O)c1cccc(CS(=O)(=O)Cc2cccc(F)c2)c1. The maximum atomic E-state index is 13.1. The molecule has 0 fully saturated rings. The van der Waals surface area contributed by atoms with Crippen LogP contribution in [0.25, 0.3) is 0 Å². The third-order valence-corrected chi connectivity index (χ3v) is 4.38. The number of carboxylic acids is 1. The van der Waals surface area contributed by atoms with E-state index in [0.717, 1.165) is 0 Å². The number of benzene rings is 2. The average molecular weight is 308 g/mol. The molecule has 0 aliphatic carbocycles. The third-order valence-electron chi connectivity index (χ3n) is 2.84. The van der Waals surface area contributed by atoms with Crippen molar-refractivity contribution < 1.29 is 22.7 Å². The Hall–Kier alpha value is -2.21. The molecule has 2 aromatic rings. The molecule has 0 saturated heterocycles. The molecule has 0 aromatic heterocycles. The van der Waals surface area contributed by atoms with Crippen molar-refractivity contribution in [2.45, 2.75) is 11.5 Å². The predicted molar refractivity (Wildman–Crippen MR) is 76.1 cm³/mol. The fourth-order valence-corrected chi connectivity index (χ4v) is 3.46. The zero-order valence-corrected chi connectivity index (χ0v) is 11.8. The molecule has 0 spiro atoms. The van der Waals surface area contributed by atoms with Crippen molar-refractivity contribution in [1.29, 1.82) is 0 Å². The summed E-state index contributed by atoms with van der Waals surface area (Å²) in [4.78, 5) is 10.9. The molecule has 1 N–H and O–H groups in total. The maximum Gasteiger partial charge on any atom is 0.335 e. The van der Waals surface area contributed by atoms with E-state index in [1.54, 1.807) is 6.07 Å². The molecule has 0 unspecified atom stereocenters. The van der Waals surface area contributed by atoms with Crippen molar-refractivity contribution in [2.24, 2.45) is 0 Å². The number of aromatic carboxylic acids is 1. The quantitative estimate of drug-likeness (QED) is 0.921. The second-order valence-corrected chi connectivity index (χ2v) is 6.73. The molecule has 0 radical (unpaired) electrons. The van der Waals surface area contributed by atoms with Crippen molar-refractivity contribution in [3.63, 3.8) is 0 Å². The van der Waals surface area contributed by atoms with Crippen LogP contribution >= 0.6 is 0 Å². The van der Waals surface area contributed by atoms with Crippen molar-refractivity contribution >= 4 is 15.8 Å². The maximum absolute atomic E-state index is 13.1. The highest BCUT2D eigenvalue weighted by atomic mass is 32.2. The summed E-state index contributed by atoms with van der Waals surface area (Å²) in [6, 6.07) is 11.2. The van der Waals surface area contributed by atoms with E-state index in [9.17, 15) is 17.6 Å². The number of sulfone groups is 1. The first-order chi connectivity index (χ1) is 9.85. The summed E-state index contributed by atoms with van der Waals surface area (Å²) in [7, 11) is -3.51. The normalized spacial score (nSPS) is 11.3. The van der Waals surface area contributed by atoms with Crippen LogP contribution in [0.3, 0.4) is 0 Å². The van der Waals surface area contributed by atoms with E-state index in [-0.39, 0.29) is 17.1 Å². The lowest BCUT2D eigenvalue weighted by Gasteiger charge is -2.06. The summed E-state index contributed by atoms with van der Waals surface area (Å²) < 4.78 is 37.2. The Bertz CT molecular complexity index is 769. The summed E-state index contributed by atoms with van der Waals surface area (Å²) in [5.41, 5.74) is 0.796. The summed E-state index contributed by atoms with van der Waals surface area (Å²) in [5.74, 6) is -2.18. The fourth-order valence-electron chi connectivity index (χ4n) is 1.98. The van der Waals surface area contributed by atoms with Crippen molar-refractivity contribution in [3.8, 4) is 0 Å². The van der Waals surface area contributed by atoms with Crippen LogP contribution in [-0.4, -0.2) is 19.5 Å². The minimum atomic E-state index is -3.51. The van der Waals surface area contributed by atoms with Crippen LogP contribution in [0.2, 0.25) is 0 Å². The van der Waals surface area contributed by atoms with Gasteiger partial charge >= 0.3 is 5.97 Å². The molecule has 0 saturated carbocycles. The molecule has 110 valence electrons. The monoisotopic (exact) mass is 308 g/mol. The van der Waals surface area contributed by atoms with Gasteiger partial charge < -0.3 is 5.11 Å². The zero-order valence-electron chi connectivity index (χ0n) is 11.0. The van der Waals surface area contributed by atoms with Gasteiger partial charge in [0, 0.05) is 0 Å². The number of hydrogen-bond acceptors (Lipinski definition) is 3. The lowest BCUT2D eigenvalue weighted by Crippen LogP contribution is -2.08. The smallest absolute Gasteiger partial charge is 0.335 e. The van der Waals surface area contributed by atoms with Crippen LogP contribution in [0.5, 0.6) is 0 Å². The molecule has 21 heavy (non-hydrogen) atoms. The lowest BCUT2D eigenvalue weighted by molar-refractivity contribution is 0.0696. The Labute approximate surface area is 121 Å².